The molecular weight excluding hydrogens is 428 g/mol. The summed E-state index contributed by atoms with van der Waals surface area (Å²) < 4.78 is 0.951. The van der Waals surface area contributed by atoms with Gasteiger partial charge in [-0.25, -0.2) is 14.4 Å². The van der Waals surface area contributed by atoms with Crippen LogP contribution in [0.15, 0.2) is 50.4 Å². The molecule has 0 radical (unpaired) electrons. The zero-order valence-corrected chi connectivity index (χ0v) is 17.6. The molecule has 2 aromatic heterocycles. The highest BCUT2D eigenvalue weighted by atomic mass is 35.5. The first kappa shape index (κ1) is 20.1. The number of thiophene rings is 1. The van der Waals surface area contributed by atoms with Gasteiger partial charge in [0.2, 0.25) is 11.8 Å². The van der Waals surface area contributed by atoms with Crippen LogP contribution in [0.25, 0.3) is 5.69 Å². The number of carbonyl (C=O) groups excluding carboxylic acids is 1. The number of H-pyrrole nitrogens is 1. The van der Waals surface area contributed by atoms with Crippen molar-refractivity contribution < 1.29 is 9.90 Å². The van der Waals surface area contributed by atoms with E-state index in [4.69, 9.17) is 11.6 Å². The number of benzene rings is 1. The Morgan fingerprint density at radius 2 is 2.10 bits per heavy atom. The molecule has 1 aliphatic heterocycles. The van der Waals surface area contributed by atoms with Gasteiger partial charge in [0.25, 0.3) is 5.56 Å². The molecule has 0 saturated heterocycles. The molecule has 1 atom stereocenters. The summed E-state index contributed by atoms with van der Waals surface area (Å²) in [5.41, 5.74) is -0.224. The molecule has 30 heavy (non-hydrogen) atoms. The van der Waals surface area contributed by atoms with Crippen LogP contribution in [0.1, 0.15) is 35.4 Å². The molecule has 154 valence electrons. The van der Waals surface area contributed by atoms with E-state index in [1.165, 1.54) is 29.3 Å². The van der Waals surface area contributed by atoms with Crippen LogP contribution in [0.4, 0.5) is 0 Å². The number of hydrogen-bond donors (Lipinski definition) is 2. The third kappa shape index (κ3) is 3.35. The number of rotatable bonds is 3. The fourth-order valence-electron chi connectivity index (χ4n) is 3.52. The van der Waals surface area contributed by atoms with E-state index >= 15 is 0 Å². The Hall–Kier alpha value is -3.17. The number of amides is 1. The molecule has 4 rings (SSSR count). The zero-order valence-electron chi connectivity index (χ0n) is 16.0. The van der Waals surface area contributed by atoms with Crippen LogP contribution in [0, 0.1) is 6.92 Å². The van der Waals surface area contributed by atoms with E-state index in [1.807, 2.05) is 18.4 Å². The smallest absolute Gasteiger partial charge is 0.335 e. The van der Waals surface area contributed by atoms with Gasteiger partial charge in [0, 0.05) is 23.2 Å². The summed E-state index contributed by atoms with van der Waals surface area (Å²) in [5, 5.41) is 18.8. The third-order valence-corrected chi connectivity index (χ3v) is 6.23. The minimum Gasteiger partial charge on any atom is -0.493 e. The van der Waals surface area contributed by atoms with Crippen LogP contribution >= 0.6 is 22.9 Å². The van der Waals surface area contributed by atoms with E-state index in [-0.39, 0.29) is 35.3 Å². The second-order valence-corrected chi connectivity index (χ2v) is 8.26. The highest BCUT2D eigenvalue weighted by Crippen LogP contribution is 2.37. The number of aromatic nitrogens is 2. The molecule has 1 amide bonds. The number of aromatic amines is 1. The van der Waals surface area contributed by atoms with Gasteiger partial charge in [0.05, 0.1) is 17.4 Å². The number of halogens is 1. The first-order valence-corrected chi connectivity index (χ1v) is 10.3. The van der Waals surface area contributed by atoms with Gasteiger partial charge in [-0.05, 0) is 42.1 Å². The van der Waals surface area contributed by atoms with Crippen molar-refractivity contribution in [1.82, 2.24) is 14.6 Å². The van der Waals surface area contributed by atoms with Crippen LogP contribution < -0.4 is 11.2 Å². The number of nitrogens with zero attached hydrogens (tertiary/aromatic N) is 3. The maximum atomic E-state index is 12.6. The third-order valence-electron chi connectivity index (χ3n) is 4.88. The topological polar surface area (TPSA) is 108 Å². The Labute approximate surface area is 179 Å². The van der Waals surface area contributed by atoms with Crippen molar-refractivity contribution >= 4 is 34.6 Å². The van der Waals surface area contributed by atoms with Crippen molar-refractivity contribution in [2.24, 2.45) is 5.10 Å². The largest absolute Gasteiger partial charge is 0.493 e. The second kappa shape index (κ2) is 7.58. The number of hydrazone groups is 1. The SMILES string of the molecule is CC(=O)N1N=C(c2c(O)n(-c3cccc(Cl)c3)c(=O)[nH]c2=O)C[C@@H]1c1sccc1C. The van der Waals surface area contributed by atoms with Crippen LogP contribution in [0.5, 0.6) is 5.88 Å². The van der Waals surface area contributed by atoms with Crippen LogP contribution in [0.2, 0.25) is 5.02 Å². The van der Waals surface area contributed by atoms with Gasteiger partial charge in [-0.1, -0.05) is 17.7 Å². The molecule has 3 aromatic rings. The summed E-state index contributed by atoms with van der Waals surface area (Å²) in [4.78, 5) is 40.4. The zero-order chi connectivity index (χ0) is 21.6. The first-order valence-electron chi connectivity index (χ1n) is 9.03. The Morgan fingerprint density at radius 1 is 1.33 bits per heavy atom. The lowest BCUT2D eigenvalue weighted by atomic mass is 10.0. The number of aromatic hydroxyl groups is 1. The molecule has 8 nitrogen and oxygen atoms in total. The lowest BCUT2D eigenvalue weighted by molar-refractivity contribution is -0.130. The fraction of sp³-hybridized carbons (Fsp3) is 0.200. The molecule has 0 bridgehead atoms. The molecule has 3 heterocycles. The summed E-state index contributed by atoms with van der Waals surface area (Å²) >= 11 is 7.50. The Balaban J connectivity index is 1.87. The average molecular weight is 445 g/mol. The van der Waals surface area contributed by atoms with E-state index in [9.17, 15) is 19.5 Å². The number of nitrogens with one attached hydrogen (secondary N) is 1. The maximum Gasteiger partial charge on any atom is 0.335 e. The van der Waals surface area contributed by atoms with Crippen molar-refractivity contribution in [3.05, 3.63) is 77.6 Å². The minimum absolute atomic E-state index is 0.155. The number of hydrogen-bond acceptors (Lipinski definition) is 6. The standard InChI is InChI=1S/C20H17ClN4O4S/c1-10-6-7-30-17(10)15-9-14(23-25(15)11(2)26)16-18(27)22-20(29)24(19(16)28)13-5-3-4-12(21)8-13/h3-8,15,28H,9H2,1-2H3,(H,22,27,29)/t15-/m1/s1. The summed E-state index contributed by atoms with van der Waals surface area (Å²) in [6.07, 6.45) is 0.228. The minimum atomic E-state index is -0.809. The highest BCUT2D eigenvalue weighted by molar-refractivity contribution is 7.10. The second-order valence-electron chi connectivity index (χ2n) is 6.87. The molecule has 0 spiro atoms. The van der Waals surface area contributed by atoms with E-state index in [2.05, 4.69) is 10.1 Å². The van der Waals surface area contributed by atoms with E-state index in [0.29, 0.717) is 5.02 Å². The molecule has 0 fully saturated rings. The van der Waals surface area contributed by atoms with Crippen molar-refractivity contribution in [1.29, 1.82) is 0 Å². The van der Waals surface area contributed by atoms with Crippen LogP contribution in [-0.2, 0) is 4.79 Å². The quantitative estimate of drug-likeness (QED) is 0.647. The van der Waals surface area contributed by atoms with Crippen molar-refractivity contribution in [2.75, 3.05) is 0 Å². The van der Waals surface area contributed by atoms with E-state index in [0.717, 1.165) is 15.0 Å². The molecule has 0 unspecified atom stereocenters. The van der Waals surface area contributed by atoms with E-state index < -0.39 is 17.1 Å². The lowest BCUT2D eigenvalue weighted by Crippen LogP contribution is -2.33. The highest BCUT2D eigenvalue weighted by Gasteiger charge is 2.35. The molecule has 0 saturated carbocycles. The average Bonchev–Trinajstić information content (AvgIpc) is 3.27. The monoisotopic (exact) mass is 444 g/mol. The molecule has 1 aromatic carbocycles. The van der Waals surface area contributed by atoms with Crippen LogP contribution in [0.3, 0.4) is 0 Å². The first-order chi connectivity index (χ1) is 14.3. The summed E-state index contributed by atoms with van der Waals surface area (Å²) in [6, 6.07) is 7.86. The fourth-order valence-corrected chi connectivity index (χ4v) is 4.72. The van der Waals surface area contributed by atoms with Gasteiger partial charge >= 0.3 is 5.69 Å². The predicted molar refractivity (Wildman–Crippen MR) is 115 cm³/mol. The normalized spacial score (nSPS) is 16.0. The van der Waals surface area contributed by atoms with Gasteiger partial charge < -0.3 is 5.11 Å². The van der Waals surface area contributed by atoms with Gasteiger partial charge in [0.15, 0.2) is 0 Å². The Morgan fingerprint density at radius 3 is 2.73 bits per heavy atom. The summed E-state index contributed by atoms with van der Waals surface area (Å²) in [6.45, 7) is 3.32. The summed E-state index contributed by atoms with van der Waals surface area (Å²) in [5.74, 6) is -0.848. The van der Waals surface area contributed by atoms with Gasteiger partial charge in [-0.3, -0.25) is 14.6 Å². The van der Waals surface area contributed by atoms with Crippen LogP contribution in [-0.4, -0.2) is 31.3 Å². The lowest BCUT2D eigenvalue weighted by Gasteiger charge is -2.19. The van der Waals surface area contributed by atoms with Crippen molar-refractivity contribution in [3.63, 3.8) is 0 Å². The number of carbonyl (C=O) groups is 1. The van der Waals surface area contributed by atoms with Crippen molar-refractivity contribution in [2.45, 2.75) is 26.3 Å². The molecule has 1 aliphatic rings. The molecule has 0 aliphatic carbocycles. The van der Waals surface area contributed by atoms with Gasteiger partial charge in [-0.15, -0.1) is 11.3 Å². The molecule has 10 heteroatoms. The van der Waals surface area contributed by atoms with E-state index in [1.54, 1.807) is 18.2 Å². The van der Waals surface area contributed by atoms with Crippen molar-refractivity contribution in [3.8, 4) is 11.6 Å². The maximum absolute atomic E-state index is 12.6. The molecule has 2 N–H and O–H groups in total. The number of aryl methyl sites for hydroxylation is 1. The van der Waals surface area contributed by atoms with Gasteiger partial charge in [0.1, 0.15) is 5.56 Å². The Kier molecular flexibility index (Phi) is 5.08. The predicted octanol–water partition coefficient (Wildman–Crippen LogP) is 2.95. The van der Waals surface area contributed by atoms with Gasteiger partial charge in [-0.2, -0.15) is 5.10 Å². The summed E-state index contributed by atoms with van der Waals surface area (Å²) in [7, 11) is 0. The Bertz CT molecular complexity index is 1310. The molecular formula is C20H17ClN4O4S.